The van der Waals surface area contributed by atoms with Gasteiger partial charge in [0.1, 0.15) is 5.75 Å². The van der Waals surface area contributed by atoms with Crippen LogP contribution in [0.5, 0.6) is 5.75 Å². The molecule has 1 aromatic heterocycles. The summed E-state index contributed by atoms with van der Waals surface area (Å²) in [7, 11) is 0. The SMILES string of the molecule is Nc1c(Cl)cc(-c2nc(-c3ccc(O)cc3)no2)cc1Cl. The van der Waals surface area contributed by atoms with Crippen LogP contribution in [-0.4, -0.2) is 15.2 Å². The molecule has 106 valence electrons. The maximum atomic E-state index is 9.27. The highest BCUT2D eigenvalue weighted by Gasteiger charge is 2.13. The quantitative estimate of drug-likeness (QED) is 0.697. The Hall–Kier alpha value is -2.24. The lowest BCUT2D eigenvalue weighted by molar-refractivity contribution is 0.432. The van der Waals surface area contributed by atoms with Crippen molar-refractivity contribution in [2.45, 2.75) is 0 Å². The predicted molar refractivity (Wildman–Crippen MR) is 81.3 cm³/mol. The largest absolute Gasteiger partial charge is 0.508 e. The van der Waals surface area contributed by atoms with Gasteiger partial charge in [0, 0.05) is 11.1 Å². The molecule has 0 spiro atoms. The molecule has 1 heterocycles. The van der Waals surface area contributed by atoms with E-state index in [-0.39, 0.29) is 11.6 Å². The van der Waals surface area contributed by atoms with Gasteiger partial charge in [-0.1, -0.05) is 28.4 Å². The summed E-state index contributed by atoms with van der Waals surface area (Å²) in [6.45, 7) is 0. The van der Waals surface area contributed by atoms with Crippen molar-refractivity contribution in [1.82, 2.24) is 10.1 Å². The molecule has 3 rings (SSSR count). The lowest BCUT2D eigenvalue weighted by Crippen LogP contribution is -1.89. The molecule has 2 aromatic carbocycles. The molecule has 0 fully saturated rings. The molecule has 0 saturated carbocycles. The first-order chi connectivity index (χ1) is 10.0. The number of nitrogen functional groups attached to an aromatic ring is 1. The highest BCUT2D eigenvalue weighted by molar-refractivity contribution is 6.39. The number of nitrogens with zero attached hydrogens (tertiary/aromatic N) is 2. The number of aromatic nitrogens is 2. The Balaban J connectivity index is 2.00. The van der Waals surface area contributed by atoms with Crippen LogP contribution in [-0.2, 0) is 0 Å². The van der Waals surface area contributed by atoms with Gasteiger partial charge in [-0.25, -0.2) is 0 Å². The van der Waals surface area contributed by atoms with Gasteiger partial charge in [0.25, 0.3) is 5.89 Å². The number of nitrogens with two attached hydrogens (primary N) is 1. The molecule has 21 heavy (non-hydrogen) atoms. The minimum absolute atomic E-state index is 0.166. The Kier molecular flexibility index (Phi) is 3.45. The maximum Gasteiger partial charge on any atom is 0.258 e. The Morgan fingerprint density at radius 1 is 1.00 bits per heavy atom. The number of hydrogen-bond acceptors (Lipinski definition) is 5. The van der Waals surface area contributed by atoms with Gasteiger partial charge in [0.05, 0.1) is 15.7 Å². The molecular formula is C14H9Cl2N3O2. The second kappa shape index (κ2) is 5.27. The Morgan fingerprint density at radius 3 is 2.24 bits per heavy atom. The zero-order valence-electron chi connectivity index (χ0n) is 10.5. The van der Waals surface area contributed by atoms with Crippen molar-refractivity contribution in [3.8, 4) is 28.6 Å². The predicted octanol–water partition coefficient (Wildman–Crippen LogP) is 4.00. The summed E-state index contributed by atoms with van der Waals surface area (Å²) in [4.78, 5) is 4.27. The number of hydrogen-bond donors (Lipinski definition) is 2. The van der Waals surface area contributed by atoms with Gasteiger partial charge in [-0.15, -0.1) is 0 Å². The zero-order chi connectivity index (χ0) is 15.0. The third-order valence-corrected chi connectivity index (χ3v) is 3.50. The van der Waals surface area contributed by atoms with Crippen LogP contribution >= 0.6 is 23.2 Å². The number of benzene rings is 2. The standard InChI is InChI=1S/C14H9Cl2N3O2/c15-10-5-8(6-11(16)12(10)17)14-18-13(19-21-14)7-1-3-9(20)4-2-7/h1-6,20H,17H2. The molecule has 0 saturated heterocycles. The van der Waals surface area contributed by atoms with E-state index in [9.17, 15) is 5.11 Å². The van der Waals surface area contributed by atoms with E-state index in [1.165, 1.54) is 0 Å². The van der Waals surface area contributed by atoms with E-state index in [4.69, 9.17) is 33.5 Å². The van der Waals surface area contributed by atoms with Crippen LogP contribution in [0.4, 0.5) is 5.69 Å². The molecule has 0 amide bonds. The minimum Gasteiger partial charge on any atom is -0.508 e. The van der Waals surface area contributed by atoms with Crippen LogP contribution in [0, 0.1) is 0 Å². The topological polar surface area (TPSA) is 85.2 Å². The van der Waals surface area contributed by atoms with Crippen LogP contribution in [0.2, 0.25) is 10.0 Å². The molecular weight excluding hydrogens is 313 g/mol. The first-order valence-electron chi connectivity index (χ1n) is 5.92. The fourth-order valence-corrected chi connectivity index (χ4v) is 2.26. The third kappa shape index (κ3) is 2.66. The fraction of sp³-hybridized carbons (Fsp3) is 0. The summed E-state index contributed by atoms with van der Waals surface area (Å²) < 4.78 is 5.20. The summed E-state index contributed by atoms with van der Waals surface area (Å²) in [5, 5.41) is 13.8. The smallest absolute Gasteiger partial charge is 0.258 e. The van der Waals surface area contributed by atoms with Crippen molar-refractivity contribution in [1.29, 1.82) is 0 Å². The van der Waals surface area contributed by atoms with Crippen LogP contribution in [0.25, 0.3) is 22.8 Å². The molecule has 0 aliphatic carbocycles. The third-order valence-electron chi connectivity index (χ3n) is 2.88. The molecule has 0 aliphatic heterocycles. The summed E-state index contributed by atoms with van der Waals surface area (Å²) >= 11 is 12.0. The second-order valence-electron chi connectivity index (χ2n) is 4.32. The van der Waals surface area contributed by atoms with Gasteiger partial charge in [-0.3, -0.25) is 0 Å². The van der Waals surface area contributed by atoms with Crippen molar-refractivity contribution < 1.29 is 9.63 Å². The molecule has 0 unspecified atom stereocenters. The Bertz CT molecular complexity index is 777. The van der Waals surface area contributed by atoms with E-state index in [1.807, 2.05) is 0 Å². The summed E-state index contributed by atoms with van der Waals surface area (Å²) in [6, 6.07) is 9.68. The Labute approximate surface area is 129 Å². The van der Waals surface area contributed by atoms with Crippen molar-refractivity contribution in [3.63, 3.8) is 0 Å². The van der Waals surface area contributed by atoms with Crippen LogP contribution in [0.1, 0.15) is 0 Å². The fourth-order valence-electron chi connectivity index (χ4n) is 1.78. The lowest BCUT2D eigenvalue weighted by Gasteiger charge is -2.02. The van der Waals surface area contributed by atoms with Crippen LogP contribution in [0.3, 0.4) is 0 Å². The van der Waals surface area contributed by atoms with Gasteiger partial charge in [0.15, 0.2) is 0 Å². The molecule has 0 bridgehead atoms. The highest BCUT2D eigenvalue weighted by Crippen LogP contribution is 2.33. The number of rotatable bonds is 2. The number of aromatic hydroxyl groups is 1. The van der Waals surface area contributed by atoms with Gasteiger partial charge in [-0.05, 0) is 36.4 Å². The first-order valence-corrected chi connectivity index (χ1v) is 6.68. The molecule has 0 aliphatic rings. The number of halogens is 2. The summed E-state index contributed by atoms with van der Waals surface area (Å²) in [5.41, 5.74) is 7.29. The number of anilines is 1. The molecule has 3 N–H and O–H groups in total. The van der Waals surface area contributed by atoms with Crippen molar-refractivity contribution in [2.24, 2.45) is 0 Å². The molecule has 7 heteroatoms. The van der Waals surface area contributed by atoms with E-state index < -0.39 is 0 Å². The van der Waals surface area contributed by atoms with Crippen molar-refractivity contribution in [2.75, 3.05) is 5.73 Å². The normalized spacial score (nSPS) is 10.8. The maximum absolute atomic E-state index is 9.27. The van der Waals surface area contributed by atoms with E-state index >= 15 is 0 Å². The summed E-state index contributed by atoms with van der Waals surface area (Å²) in [6.07, 6.45) is 0. The monoisotopic (exact) mass is 321 g/mol. The first kappa shape index (κ1) is 13.7. The minimum atomic E-state index is 0.166. The zero-order valence-corrected chi connectivity index (χ0v) is 12.1. The molecule has 3 aromatic rings. The van der Waals surface area contributed by atoms with Gasteiger partial charge >= 0.3 is 0 Å². The van der Waals surface area contributed by atoms with E-state index in [0.29, 0.717) is 27.1 Å². The highest BCUT2D eigenvalue weighted by atomic mass is 35.5. The van der Waals surface area contributed by atoms with Gasteiger partial charge in [0.2, 0.25) is 5.82 Å². The van der Waals surface area contributed by atoms with E-state index in [2.05, 4.69) is 10.1 Å². The molecule has 0 radical (unpaired) electrons. The van der Waals surface area contributed by atoms with Gasteiger partial charge < -0.3 is 15.4 Å². The van der Waals surface area contributed by atoms with Crippen molar-refractivity contribution >= 4 is 28.9 Å². The second-order valence-corrected chi connectivity index (χ2v) is 5.14. The van der Waals surface area contributed by atoms with E-state index in [0.717, 1.165) is 5.56 Å². The number of phenolic OH excluding ortho intramolecular Hbond substituents is 1. The number of phenols is 1. The lowest BCUT2D eigenvalue weighted by atomic mass is 10.2. The van der Waals surface area contributed by atoms with Crippen LogP contribution < -0.4 is 5.73 Å². The van der Waals surface area contributed by atoms with E-state index in [1.54, 1.807) is 36.4 Å². The average molecular weight is 322 g/mol. The van der Waals surface area contributed by atoms with Gasteiger partial charge in [-0.2, -0.15) is 4.98 Å². The molecule has 5 nitrogen and oxygen atoms in total. The molecule has 0 atom stereocenters. The average Bonchev–Trinajstić information content (AvgIpc) is 2.95. The summed E-state index contributed by atoms with van der Waals surface area (Å²) in [5.74, 6) is 0.843. The van der Waals surface area contributed by atoms with Crippen molar-refractivity contribution in [3.05, 3.63) is 46.4 Å². The Morgan fingerprint density at radius 2 is 1.62 bits per heavy atom. The van der Waals surface area contributed by atoms with Crippen LogP contribution in [0.15, 0.2) is 40.9 Å².